The van der Waals surface area contributed by atoms with Crippen LogP contribution in [0.1, 0.15) is 26.2 Å². The predicted molar refractivity (Wildman–Crippen MR) is 59.5 cm³/mol. The van der Waals surface area contributed by atoms with Crippen LogP contribution in [0, 0.1) is 0 Å². The van der Waals surface area contributed by atoms with Gasteiger partial charge in [-0.1, -0.05) is 6.92 Å². The number of nitrogens with two attached hydrogens (primary N) is 1. The molecule has 0 aromatic carbocycles. The van der Waals surface area contributed by atoms with Gasteiger partial charge in [-0.25, -0.2) is 0 Å². The highest BCUT2D eigenvalue weighted by molar-refractivity contribution is 8.00. The van der Waals surface area contributed by atoms with Crippen LogP contribution < -0.4 is 5.73 Å². The quantitative estimate of drug-likeness (QED) is 0.822. The maximum absolute atomic E-state index is 12.7. The van der Waals surface area contributed by atoms with Crippen LogP contribution in [0.3, 0.4) is 0 Å². The number of hydrogen-bond acceptors (Lipinski definition) is 3. The summed E-state index contributed by atoms with van der Waals surface area (Å²) in [6.07, 6.45) is -2.11. The summed E-state index contributed by atoms with van der Waals surface area (Å²) in [7, 11) is 0. The molecule has 0 amide bonds. The molecule has 2 N–H and O–H groups in total. The van der Waals surface area contributed by atoms with Gasteiger partial charge in [0.25, 0.3) is 0 Å². The Morgan fingerprint density at radius 2 is 2.19 bits per heavy atom. The molecule has 2 nitrogen and oxygen atoms in total. The van der Waals surface area contributed by atoms with Crippen LogP contribution in [0.5, 0.6) is 0 Å². The second-order valence-corrected chi connectivity index (χ2v) is 5.18. The third kappa shape index (κ3) is 4.14. The van der Waals surface area contributed by atoms with Gasteiger partial charge in [-0.15, -0.1) is 11.8 Å². The summed E-state index contributed by atoms with van der Waals surface area (Å²) in [6.45, 7) is 2.35. The molecule has 3 unspecified atom stereocenters. The zero-order valence-electron chi connectivity index (χ0n) is 9.30. The van der Waals surface area contributed by atoms with Gasteiger partial charge in [0.2, 0.25) is 0 Å². The number of thioether (sulfide) groups is 1. The Morgan fingerprint density at radius 1 is 1.50 bits per heavy atom. The molecule has 1 heterocycles. The lowest BCUT2D eigenvalue weighted by atomic mass is 10.1. The zero-order valence-corrected chi connectivity index (χ0v) is 10.1. The van der Waals surface area contributed by atoms with E-state index < -0.39 is 17.5 Å². The van der Waals surface area contributed by atoms with E-state index in [1.54, 1.807) is 6.92 Å². The summed E-state index contributed by atoms with van der Waals surface area (Å²) in [4.78, 5) is 0. The number of alkyl halides is 3. The maximum atomic E-state index is 12.7. The lowest BCUT2D eigenvalue weighted by Crippen LogP contribution is -2.43. The Kier molecular flexibility index (Phi) is 5.40. The van der Waals surface area contributed by atoms with Crippen molar-refractivity contribution in [3.05, 3.63) is 0 Å². The Labute approximate surface area is 98.1 Å². The normalized spacial score (nSPS) is 25.7. The topological polar surface area (TPSA) is 35.2 Å². The Morgan fingerprint density at radius 3 is 2.62 bits per heavy atom. The standard InChI is InChI=1S/C10H18F3NOS/c1-2-8(14)9(10(11,12)13)16-6-7-4-3-5-15-7/h7-9H,2-6,14H2,1H3. The van der Waals surface area contributed by atoms with Gasteiger partial charge in [-0.3, -0.25) is 0 Å². The highest BCUT2D eigenvalue weighted by atomic mass is 32.2. The first kappa shape index (κ1) is 14.1. The minimum atomic E-state index is -4.22. The van der Waals surface area contributed by atoms with E-state index in [9.17, 15) is 13.2 Å². The first-order chi connectivity index (χ1) is 7.45. The van der Waals surface area contributed by atoms with Crippen LogP contribution in [0.15, 0.2) is 0 Å². The van der Waals surface area contributed by atoms with E-state index in [-0.39, 0.29) is 6.10 Å². The van der Waals surface area contributed by atoms with E-state index in [4.69, 9.17) is 10.5 Å². The SMILES string of the molecule is CCC(N)C(SCC1CCCO1)C(F)(F)F. The number of rotatable bonds is 5. The van der Waals surface area contributed by atoms with E-state index >= 15 is 0 Å². The lowest BCUT2D eigenvalue weighted by molar-refractivity contribution is -0.132. The molecular weight excluding hydrogens is 239 g/mol. The molecule has 0 saturated carbocycles. The van der Waals surface area contributed by atoms with Crippen molar-refractivity contribution in [3.63, 3.8) is 0 Å². The monoisotopic (exact) mass is 257 g/mol. The number of hydrogen-bond donors (Lipinski definition) is 1. The average molecular weight is 257 g/mol. The Bertz CT molecular complexity index is 207. The average Bonchev–Trinajstić information content (AvgIpc) is 2.68. The van der Waals surface area contributed by atoms with Gasteiger partial charge in [-0.2, -0.15) is 13.2 Å². The number of ether oxygens (including phenoxy) is 1. The molecule has 0 spiro atoms. The Hall–Kier alpha value is 0.0600. The van der Waals surface area contributed by atoms with Gasteiger partial charge in [0, 0.05) is 18.4 Å². The first-order valence-corrected chi connectivity index (χ1v) is 6.55. The van der Waals surface area contributed by atoms with Gasteiger partial charge >= 0.3 is 6.18 Å². The summed E-state index contributed by atoms with van der Waals surface area (Å²) in [5, 5.41) is -1.47. The highest BCUT2D eigenvalue weighted by Crippen LogP contribution is 2.34. The molecule has 96 valence electrons. The largest absolute Gasteiger partial charge is 0.402 e. The fourth-order valence-corrected chi connectivity index (χ4v) is 2.98. The Balaban J connectivity index is 2.43. The molecule has 0 aromatic heterocycles. The highest BCUT2D eigenvalue weighted by Gasteiger charge is 2.43. The van der Waals surface area contributed by atoms with Crippen LogP contribution in [0.2, 0.25) is 0 Å². The third-order valence-corrected chi connectivity index (χ3v) is 4.21. The molecule has 0 radical (unpaired) electrons. The minimum absolute atomic E-state index is 0.0288. The minimum Gasteiger partial charge on any atom is -0.377 e. The molecule has 1 aliphatic heterocycles. The van der Waals surface area contributed by atoms with E-state index in [1.807, 2.05) is 0 Å². The maximum Gasteiger partial charge on any atom is 0.402 e. The zero-order chi connectivity index (χ0) is 12.2. The molecule has 0 bridgehead atoms. The van der Waals surface area contributed by atoms with E-state index in [0.29, 0.717) is 18.8 Å². The summed E-state index contributed by atoms with van der Waals surface area (Å²) in [5.74, 6) is 0.387. The van der Waals surface area contributed by atoms with Gasteiger partial charge < -0.3 is 10.5 Å². The van der Waals surface area contributed by atoms with Gasteiger partial charge in [-0.05, 0) is 19.3 Å². The van der Waals surface area contributed by atoms with Crippen molar-refractivity contribution >= 4 is 11.8 Å². The second kappa shape index (κ2) is 6.12. The molecule has 16 heavy (non-hydrogen) atoms. The van der Waals surface area contributed by atoms with Crippen LogP contribution >= 0.6 is 11.8 Å². The van der Waals surface area contributed by atoms with Gasteiger partial charge in [0.15, 0.2) is 0 Å². The van der Waals surface area contributed by atoms with E-state index in [2.05, 4.69) is 0 Å². The smallest absolute Gasteiger partial charge is 0.377 e. The van der Waals surface area contributed by atoms with Crippen molar-refractivity contribution in [1.29, 1.82) is 0 Å². The summed E-state index contributed by atoms with van der Waals surface area (Å²) in [5.41, 5.74) is 5.51. The number of halogens is 3. The van der Waals surface area contributed by atoms with Crippen molar-refractivity contribution in [2.75, 3.05) is 12.4 Å². The van der Waals surface area contributed by atoms with Crippen LogP contribution in [0.4, 0.5) is 13.2 Å². The molecule has 0 aliphatic carbocycles. The molecule has 6 heteroatoms. The molecule has 1 aliphatic rings. The van der Waals surface area contributed by atoms with Crippen molar-refractivity contribution in [2.45, 2.75) is 49.8 Å². The van der Waals surface area contributed by atoms with Gasteiger partial charge in [0.1, 0.15) is 5.25 Å². The molecule has 0 aromatic rings. The molecule has 1 saturated heterocycles. The van der Waals surface area contributed by atoms with Crippen molar-refractivity contribution < 1.29 is 17.9 Å². The lowest BCUT2D eigenvalue weighted by Gasteiger charge is -2.25. The molecule has 1 rings (SSSR count). The molecule has 3 atom stereocenters. The van der Waals surface area contributed by atoms with Crippen molar-refractivity contribution in [3.8, 4) is 0 Å². The molecule has 1 fully saturated rings. The fraction of sp³-hybridized carbons (Fsp3) is 1.00. The van der Waals surface area contributed by atoms with Crippen molar-refractivity contribution in [1.82, 2.24) is 0 Å². The third-order valence-electron chi connectivity index (χ3n) is 2.67. The van der Waals surface area contributed by atoms with Gasteiger partial charge in [0.05, 0.1) is 6.10 Å². The first-order valence-electron chi connectivity index (χ1n) is 5.50. The predicted octanol–water partition coefficient (Wildman–Crippen LogP) is 2.57. The van der Waals surface area contributed by atoms with Crippen LogP contribution in [-0.2, 0) is 4.74 Å². The summed E-state index contributed by atoms with van der Waals surface area (Å²) >= 11 is 0.883. The summed E-state index contributed by atoms with van der Waals surface area (Å²) < 4.78 is 43.4. The van der Waals surface area contributed by atoms with Crippen LogP contribution in [0.25, 0.3) is 0 Å². The second-order valence-electron chi connectivity index (χ2n) is 4.00. The molecular formula is C10H18F3NOS. The van der Waals surface area contributed by atoms with Crippen molar-refractivity contribution in [2.24, 2.45) is 5.73 Å². The van der Waals surface area contributed by atoms with Crippen LogP contribution in [-0.4, -0.2) is 35.9 Å². The van der Waals surface area contributed by atoms with E-state index in [1.165, 1.54) is 0 Å². The fourth-order valence-electron chi connectivity index (χ4n) is 1.66. The van der Waals surface area contributed by atoms with E-state index in [0.717, 1.165) is 24.6 Å². The summed E-state index contributed by atoms with van der Waals surface area (Å²) in [6, 6.07) is -0.827.